The zero-order chi connectivity index (χ0) is 22.7. The normalized spacial score (nSPS) is 18.8. The summed E-state index contributed by atoms with van der Waals surface area (Å²) in [7, 11) is 0. The van der Waals surface area contributed by atoms with Gasteiger partial charge in [-0.05, 0) is 55.5 Å². The molecular formula is C24H31FN6O. The smallest absolute Gasteiger partial charge is 0.227 e. The number of halogens is 1. The molecule has 1 aliphatic heterocycles. The number of piperidine rings is 1. The van der Waals surface area contributed by atoms with Crippen molar-refractivity contribution in [1.82, 2.24) is 19.5 Å². The first-order chi connectivity index (χ1) is 15.5. The van der Waals surface area contributed by atoms with Crippen LogP contribution in [0, 0.1) is 6.92 Å². The van der Waals surface area contributed by atoms with Gasteiger partial charge in [-0.3, -0.25) is 0 Å². The monoisotopic (exact) mass is 438 g/mol. The number of hydrogen-bond acceptors (Lipinski definition) is 6. The third-order valence-corrected chi connectivity index (χ3v) is 5.88. The van der Waals surface area contributed by atoms with Gasteiger partial charge >= 0.3 is 0 Å². The molecule has 3 heterocycles. The SMILES string of the molecule is CCOc1cc(C)c(Nc2ccnc(N3CC[C@H](n4ccnc4)[C@@H](F)C3)n2)cc1C(C)C. The van der Waals surface area contributed by atoms with Gasteiger partial charge in [-0.25, -0.2) is 14.4 Å². The summed E-state index contributed by atoms with van der Waals surface area (Å²) < 4.78 is 22.6. The van der Waals surface area contributed by atoms with E-state index in [-0.39, 0.29) is 12.6 Å². The molecule has 8 heteroatoms. The van der Waals surface area contributed by atoms with Gasteiger partial charge in [0, 0.05) is 30.8 Å². The molecule has 170 valence electrons. The number of aryl methyl sites for hydroxylation is 1. The van der Waals surface area contributed by atoms with Gasteiger partial charge < -0.3 is 19.5 Å². The Labute approximate surface area is 188 Å². The number of benzene rings is 1. The van der Waals surface area contributed by atoms with E-state index in [2.05, 4.69) is 46.2 Å². The van der Waals surface area contributed by atoms with E-state index < -0.39 is 6.17 Å². The maximum atomic E-state index is 14.9. The number of rotatable bonds is 7. The number of alkyl halides is 1. The second-order valence-electron chi connectivity index (χ2n) is 8.49. The topological polar surface area (TPSA) is 68.1 Å². The number of anilines is 3. The van der Waals surface area contributed by atoms with Crippen LogP contribution in [0.1, 0.15) is 50.3 Å². The lowest BCUT2D eigenvalue weighted by atomic mass is 9.99. The van der Waals surface area contributed by atoms with Gasteiger partial charge in [0.1, 0.15) is 17.7 Å². The lowest BCUT2D eigenvalue weighted by Gasteiger charge is -2.35. The number of nitrogens with zero attached hydrogens (tertiary/aromatic N) is 5. The molecule has 0 spiro atoms. The molecule has 1 fully saturated rings. The highest BCUT2D eigenvalue weighted by atomic mass is 19.1. The van der Waals surface area contributed by atoms with Crippen molar-refractivity contribution >= 4 is 17.5 Å². The fourth-order valence-corrected chi connectivity index (χ4v) is 4.15. The molecule has 2 aromatic heterocycles. The number of hydrogen-bond donors (Lipinski definition) is 1. The van der Waals surface area contributed by atoms with Gasteiger partial charge in [-0.15, -0.1) is 0 Å². The maximum absolute atomic E-state index is 14.9. The van der Waals surface area contributed by atoms with Crippen LogP contribution in [-0.2, 0) is 0 Å². The molecule has 1 saturated heterocycles. The van der Waals surface area contributed by atoms with Crippen molar-refractivity contribution in [3.63, 3.8) is 0 Å². The fourth-order valence-electron chi connectivity index (χ4n) is 4.15. The summed E-state index contributed by atoms with van der Waals surface area (Å²) in [6.07, 6.45) is 6.56. The van der Waals surface area contributed by atoms with Crippen molar-refractivity contribution in [1.29, 1.82) is 0 Å². The summed E-state index contributed by atoms with van der Waals surface area (Å²) in [6, 6.07) is 5.83. The van der Waals surface area contributed by atoms with E-state index in [1.165, 1.54) is 0 Å². The first kappa shape index (κ1) is 22.0. The summed E-state index contributed by atoms with van der Waals surface area (Å²) in [4.78, 5) is 15.0. The molecule has 0 bridgehead atoms. The van der Waals surface area contributed by atoms with E-state index in [0.29, 0.717) is 37.3 Å². The summed E-state index contributed by atoms with van der Waals surface area (Å²) in [5.74, 6) is 2.47. The quantitative estimate of drug-likeness (QED) is 0.558. The Kier molecular flexibility index (Phi) is 6.58. The molecule has 1 N–H and O–H groups in total. The van der Waals surface area contributed by atoms with Crippen LogP contribution >= 0.6 is 0 Å². The van der Waals surface area contributed by atoms with Crippen LogP contribution in [0.3, 0.4) is 0 Å². The zero-order valence-corrected chi connectivity index (χ0v) is 19.1. The van der Waals surface area contributed by atoms with Crippen LogP contribution in [-0.4, -0.2) is 45.4 Å². The van der Waals surface area contributed by atoms with Gasteiger partial charge in [0.2, 0.25) is 5.95 Å². The van der Waals surface area contributed by atoms with Crippen molar-refractivity contribution in [2.45, 2.75) is 52.2 Å². The minimum atomic E-state index is -1.01. The molecule has 7 nitrogen and oxygen atoms in total. The molecule has 4 rings (SSSR count). The van der Waals surface area contributed by atoms with Crippen LogP contribution < -0.4 is 15.0 Å². The van der Waals surface area contributed by atoms with Crippen LogP contribution in [0.2, 0.25) is 0 Å². The predicted octanol–water partition coefficient (Wildman–Crippen LogP) is 5.04. The standard InChI is InChI=1S/C24H31FN6O/c1-5-32-22-12-17(4)20(13-18(22)16(2)3)28-23-6-8-27-24(29-23)30-10-7-21(19(25)14-30)31-11-9-26-15-31/h6,8-9,11-13,15-16,19,21H,5,7,10,14H2,1-4H3,(H,27,28,29)/t19-,21-/m0/s1. The Morgan fingerprint density at radius 3 is 2.81 bits per heavy atom. The van der Waals surface area contributed by atoms with Crippen LogP contribution in [0.15, 0.2) is 43.1 Å². The van der Waals surface area contributed by atoms with E-state index in [1.54, 1.807) is 18.7 Å². The zero-order valence-electron chi connectivity index (χ0n) is 19.1. The number of nitrogens with one attached hydrogen (secondary N) is 1. The minimum Gasteiger partial charge on any atom is -0.494 e. The van der Waals surface area contributed by atoms with Gasteiger partial charge in [0.15, 0.2) is 0 Å². The molecule has 0 aliphatic carbocycles. The van der Waals surface area contributed by atoms with Gasteiger partial charge in [0.05, 0.1) is 25.5 Å². The Hall–Kier alpha value is -3.16. The van der Waals surface area contributed by atoms with Gasteiger partial charge in [0.25, 0.3) is 0 Å². The Morgan fingerprint density at radius 1 is 1.28 bits per heavy atom. The Bertz CT molecular complexity index is 1040. The largest absolute Gasteiger partial charge is 0.494 e. The highest BCUT2D eigenvalue weighted by Gasteiger charge is 2.31. The summed E-state index contributed by atoms with van der Waals surface area (Å²) in [6.45, 7) is 9.92. The summed E-state index contributed by atoms with van der Waals surface area (Å²) >= 11 is 0. The highest BCUT2D eigenvalue weighted by molar-refractivity contribution is 5.64. The Balaban J connectivity index is 1.51. The van der Waals surface area contributed by atoms with Crippen molar-refractivity contribution in [3.8, 4) is 5.75 Å². The highest BCUT2D eigenvalue weighted by Crippen LogP contribution is 2.34. The number of ether oxygens (including phenoxy) is 1. The molecule has 32 heavy (non-hydrogen) atoms. The fraction of sp³-hybridized carbons (Fsp3) is 0.458. The summed E-state index contributed by atoms with van der Waals surface area (Å²) in [5, 5.41) is 3.42. The van der Waals surface area contributed by atoms with E-state index in [9.17, 15) is 4.39 Å². The third-order valence-electron chi connectivity index (χ3n) is 5.88. The molecule has 0 unspecified atom stereocenters. The number of imidazole rings is 1. The van der Waals surface area contributed by atoms with Crippen molar-refractivity contribution < 1.29 is 9.13 Å². The van der Waals surface area contributed by atoms with Crippen LogP contribution in [0.25, 0.3) is 0 Å². The van der Waals surface area contributed by atoms with Gasteiger partial charge in [-0.1, -0.05) is 13.8 Å². The minimum absolute atomic E-state index is 0.198. The summed E-state index contributed by atoms with van der Waals surface area (Å²) in [5.41, 5.74) is 3.20. The Morgan fingerprint density at radius 2 is 2.12 bits per heavy atom. The van der Waals surface area contributed by atoms with Crippen LogP contribution in [0.5, 0.6) is 5.75 Å². The van der Waals surface area contributed by atoms with Crippen molar-refractivity contribution in [3.05, 3.63) is 54.2 Å². The second-order valence-corrected chi connectivity index (χ2v) is 8.49. The predicted molar refractivity (Wildman–Crippen MR) is 125 cm³/mol. The molecule has 0 radical (unpaired) electrons. The maximum Gasteiger partial charge on any atom is 0.227 e. The average molecular weight is 439 g/mol. The molecule has 1 aliphatic rings. The first-order valence-corrected chi connectivity index (χ1v) is 11.2. The lowest BCUT2D eigenvalue weighted by molar-refractivity contribution is 0.199. The van der Waals surface area contributed by atoms with E-state index in [4.69, 9.17) is 4.74 Å². The van der Waals surface area contributed by atoms with Crippen molar-refractivity contribution in [2.24, 2.45) is 0 Å². The van der Waals surface area contributed by atoms with Gasteiger partial charge in [-0.2, -0.15) is 4.98 Å². The molecule has 0 saturated carbocycles. The number of aromatic nitrogens is 4. The molecule has 3 aromatic rings. The molecular weight excluding hydrogens is 407 g/mol. The van der Waals surface area contributed by atoms with E-state index in [1.807, 2.05) is 35.6 Å². The van der Waals surface area contributed by atoms with Crippen molar-refractivity contribution in [2.75, 3.05) is 29.9 Å². The van der Waals surface area contributed by atoms with Crippen LogP contribution in [0.4, 0.5) is 21.8 Å². The average Bonchev–Trinajstić information content (AvgIpc) is 3.30. The molecule has 2 atom stereocenters. The first-order valence-electron chi connectivity index (χ1n) is 11.2. The molecule has 0 amide bonds. The third kappa shape index (κ3) is 4.69. The van der Waals surface area contributed by atoms with E-state index in [0.717, 1.165) is 22.6 Å². The van der Waals surface area contributed by atoms with E-state index >= 15 is 0 Å². The molecule has 1 aromatic carbocycles. The second kappa shape index (κ2) is 9.54. The lowest BCUT2D eigenvalue weighted by Crippen LogP contribution is -2.43.